The number of hydrogen-bond donors (Lipinski definition) is 2. The molecule has 0 saturated heterocycles. The van der Waals surface area contributed by atoms with Crippen LogP contribution in [0, 0.1) is 0 Å². The maximum absolute atomic E-state index is 11.7. The van der Waals surface area contributed by atoms with E-state index in [0.717, 1.165) is 0 Å². The van der Waals surface area contributed by atoms with Crippen molar-refractivity contribution in [3.8, 4) is 5.75 Å². The normalized spacial score (nSPS) is 11.1. The topological polar surface area (TPSA) is 95.9 Å². The molecule has 108 valence electrons. The molecule has 0 unspecified atom stereocenters. The van der Waals surface area contributed by atoms with Crippen LogP contribution in [0.4, 0.5) is 5.69 Å². The highest BCUT2D eigenvalue weighted by Crippen LogP contribution is 2.12. The van der Waals surface area contributed by atoms with Crippen LogP contribution in [-0.4, -0.2) is 36.0 Å². The largest absolute Gasteiger partial charge is 0.506 e. The summed E-state index contributed by atoms with van der Waals surface area (Å²) in [5.41, 5.74) is 4.81. The second-order valence-corrected chi connectivity index (χ2v) is 3.68. The van der Waals surface area contributed by atoms with Crippen LogP contribution < -0.4 is 11.3 Å². The summed E-state index contributed by atoms with van der Waals surface area (Å²) >= 11 is 0. The first-order chi connectivity index (χ1) is 9.10. The summed E-state index contributed by atoms with van der Waals surface area (Å²) in [6, 6.07) is 1.36. The van der Waals surface area contributed by atoms with Crippen LogP contribution in [0.1, 0.15) is 13.8 Å². The fraction of sp³-hybridized carbons (Fsp3) is 0.583. The Bertz CT molecular complexity index is 440. The van der Waals surface area contributed by atoms with Gasteiger partial charge in [0, 0.05) is 26.0 Å². The van der Waals surface area contributed by atoms with Crippen LogP contribution in [0.3, 0.4) is 0 Å². The number of nitrogens with two attached hydrogens (primary N) is 1. The lowest BCUT2D eigenvalue weighted by Gasteiger charge is -2.17. The number of nitrogens with zero attached hydrogens (tertiary/aromatic N) is 1. The number of pyridine rings is 1. The van der Waals surface area contributed by atoms with Crippen molar-refractivity contribution in [3.05, 3.63) is 22.6 Å². The van der Waals surface area contributed by atoms with Gasteiger partial charge >= 0.3 is 0 Å². The van der Waals surface area contributed by atoms with E-state index in [1.807, 2.05) is 13.8 Å². The summed E-state index contributed by atoms with van der Waals surface area (Å²) in [6.07, 6.45) is 1.45. The van der Waals surface area contributed by atoms with Crippen LogP contribution in [0.5, 0.6) is 5.75 Å². The lowest BCUT2D eigenvalue weighted by Crippen LogP contribution is -2.27. The Labute approximate surface area is 111 Å². The van der Waals surface area contributed by atoms with Crippen molar-refractivity contribution in [3.63, 3.8) is 0 Å². The number of ether oxygens (including phenoxy) is 3. The van der Waals surface area contributed by atoms with Gasteiger partial charge in [-0.05, 0) is 19.9 Å². The van der Waals surface area contributed by atoms with Crippen LogP contribution in [0.15, 0.2) is 17.1 Å². The van der Waals surface area contributed by atoms with E-state index in [0.29, 0.717) is 19.8 Å². The van der Waals surface area contributed by atoms with E-state index >= 15 is 0 Å². The van der Waals surface area contributed by atoms with E-state index in [1.165, 1.54) is 16.8 Å². The molecule has 0 atom stereocenters. The van der Waals surface area contributed by atoms with Crippen molar-refractivity contribution >= 4 is 5.69 Å². The van der Waals surface area contributed by atoms with E-state index in [1.54, 1.807) is 0 Å². The smallest absolute Gasteiger partial charge is 0.277 e. The molecule has 3 N–H and O–H groups in total. The molecule has 1 aromatic rings. The van der Waals surface area contributed by atoms with Crippen LogP contribution in [-0.2, 0) is 20.8 Å². The number of nitrogen functional groups attached to an aromatic ring is 1. The average Bonchev–Trinajstić information content (AvgIpc) is 2.39. The van der Waals surface area contributed by atoms with Gasteiger partial charge < -0.3 is 29.6 Å². The van der Waals surface area contributed by atoms with Gasteiger partial charge in [0.05, 0.1) is 6.61 Å². The predicted octanol–water partition coefficient (Wildman–Crippen LogP) is 0.509. The molecule has 1 aromatic heterocycles. The first kappa shape index (κ1) is 15.5. The summed E-state index contributed by atoms with van der Waals surface area (Å²) in [6.45, 7) is 4.39. The summed E-state index contributed by atoms with van der Waals surface area (Å²) in [5.74, 6) is -0.219. The molecule has 0 aliphatic heterocycles. The third-order valence-corrected chi connectivity index (χ3v) is 2.37. The Morgan fingerprint density at radius 2 is 1.95 bits per heavy atom. The predicted molar refractivity (Wildman–Crippen MR) is 69.8 cm³/mol. The van der Waals surface area contributed by atoms with Crippen molar-refractivity contribution < 1.29 is 19.3 Å². The lowest BCUT2D eigenvalue weighted by atomic mass is 10.4. The van der Waals surface area contributed by atoms with Crippen molar-refractivity contribution in [2.24, 2.45) is 0 Å². The maximum Gasteiger partial charge on any atom is 0.277 e. The molecule has 0 radical (unpaired) electrons. The Balaban J connectivity index is 2.53. The Morgan fingerprint density at radius 3 is 2.53 bits per heavy atom. The highest BCUT2D eigenvalue weighted by atomic mass is 16.8. The van der Waals surface area contributed by atoms with Gasteiger partial charge in [0.15, 0.2) is 0 Å². The monoisotopic (exact) mass is 272 g/mol. The van der Waals surface area contributed by atoms with Crippen LogP contribution in [0.2, 0.25) is 0 Å². The number of rotatable bonds is 8. The van der Waals surface area contributed by atoms with Crippen molar-refractivity contribution in [2.45, 2.75) is 26.9 Å². The molecule has 0 bridgehead atoms. The molecule has 7 nitrogen and oxygen atoms in total. The first-order valence-electron chi connectivity index (χ1n) is 6.12. The summed E-state index contributed by atoms with van der Waals surface area (Å²) in [5, 5.41) is 9.27. The average molecular weight is 272 g/mol. The number of aromatic nitrogens is 1. The van der Waals surface area contributed by atoms with Gasteiger partial charge in [-0.2, -0.15) is 0 Å². The second kappa shape index (κ2) is 7.78. The number of anilines is 1. The molecule has 1 heterocycles. The molecule has 19 heavy (non-hydrogen) atoms. The molecule has 1 rings (SSSR count). The van der Waals surface area contributed by atoms with E-state index < -0.39 is 12.0 Å². The van der Waals surface area contributed by atoms with Gasteiger partial charge in [0.1, 0.15) is 11.4 Å². The molecular formula is C12H20N2O5. The maximum atomic E-state index is 11.7. The molecule has 0 saturated carbocycles. The molecule has 0 aromatic carbocycles. The van der Waals surface area contributed by atoms with Gasteiger partial charge in [-0.3, -0.25) is 4.79 Å². The Kier molecular flexibility index (Phi) is 6.34. The fourth-order valence-corrected chi connectivity index (χ4v) is 1.42. The third kappa shape index (κ3) is 4.55. The SMILES string of the molecule is CCOC(OCC)OCCn1ccc(O)c(N)c1=O. The number of aromatic hydroxyl groups is 1. The van der Waals surface area contributed by atoms with Gasteiger partial charge in [0.25, 0.3) is 12.0 Å². The fourth-order valence-electron chi connectivity index (χ4n) is 1.42. The highest BCUT2D eigenvalue weighted by Gasteiger charge is 2.09. The second-order valence-electron chi connectivity index (χ2n) is 3.68. The van der Waals surface area contributed by atoms with Crippen molar-refractivity contribution in [1.82, 2.24) is 4.57 Å². The van der Waals surface area contributed by atoms with Gasteiger partial charge in [0.2, 0.25) is 0 Å². The zero-order chi connectivity index (χ0) is 14.3. The summed E-state index contributed by atoms with van der Waals surface area (Å²) < 4.78 is 17.1. The van der Waals surface area contributed by atoms with E-state index in [2.05, 4.69) is 0 Å². The van der Waals surface area contributed by atoms with E-state index in [9.17, 15) is 9.90 Å². The van der Waals surface area contributed by atoms with Crippen LogP contribution >= 0.6 is 0 Å². The Hall–Kier alpha value is -1.57. The molecule has 0 fully saturated rings. The third-order valence-electron chi connectivity index (χ3n) is 2.37. The quantitative estimate of drug-likeness (QED) is 0.669. The molecular weight excluding hydrogens is 252 g/mol. The zero-order valence-electron chi connectivity index (χ0n) is 11.2. The first-order valence-corrected chi connectivity index (χ1v) is 6.12. The minimum atomic E-state index is -0.736. The summed E-state index contributed by atoms with van der Waals surface area (Å²) in [4.78, 5) is 11.7. The highest BCUT2D eigenvalue weighted by molar-refractivity contribution is 5.48. The molecule has 0 amide bonds. The van der Waals surface area contributed by atoms with Crippen molar-refractivity contribution in [2.75, 3.05) is 25.6 Å². The van der Waals surface area contributed by atoms with Gasteiger partial charge in [-0.25, -0.2) is 0 Å². The molecule has 0 aliphatic carbocycles. The lowest BCUT2D eigenvalue weighted by molar-refractivity contribution is -0.285. The number of hydrogen-bond acceptors (Lipinski definition) is 6. The summed E-state index contributed by atoms with van der Waals surface area (Å²) in [7, 11) is 0. The zero-order valence-corrected chi connectivity index (χ0v) is 11.2. The molecule has 0 spiro atoms. The van der Waals surface area contributed by atoms with Crippen LogP contribution in [0.25, 0.3) is 0 Å². The van der Waals surface area contributed by atoms with E-state index in [4.69, 9.17) is 19.9 Å². The minimum absolute atomic E-state index is 0.173. The molecule has 0 aliphatic rings. The van der Waals surface area contributed by atoms with Crippen molar-refractivity contribution in [1.29, 1.82) is 0 Å². The standard InChI is InChI=1S/C12H20N2O5/c1-3-17-12(18-4-2)19-8-7-14-6-5-9(15)10(13)11(14)16/h5-6,12,15H,3-4,7-8,13H2,1-2H3. The van der Waals surface area contributed by atoms with Gasteiger partial charge in [-0.1, -0.05) is 0 Å². The molecule has 7 heteroatoms. The Morgan fingerprint density at radius 1 is 1.32 bits per heavy atom. The van der Waals surface area contributed by atoms with E-state index in [-0.39, 0.29) is 18.0 Å². The van der Waals surface area contributed by atoms with Gasteiger partial charge in [-0.15, -0.1) is 0 Å². The minimum Gasteiger partial charge on any atom is -0.506 e.